The van der Waals surface area contributed by atoms with Crippen molar-refractivity contribution in [2.24, 2.45) is 7.05 Å². The summed E-state index contributed by atoms with van der Waals surface area (Å²) in [5, 5.41) is 4.13. The van der Waals surface area contributed by atoms with E-state index in [0.717, 1.165) is 31.6 Å². The molecule has 2 aromatic heterocycles. The Labute approximate surface area is 122 Å². The maximum Gasteiger partial charge on any atom is 0.269 e. The number of ketones is 1. The second-order valence-corrected chi connectivity index (χ2v) is 5.33. The molecule has 0 N–H and O–H groups in total. The normalized spacial score (nSPS) is 14.6. The summed E-state index contributed by atoms with van der Waals surface area (Å²) < 4.78 is 2.96. The smallest absolute Gasteiger partial charge is 0.269 e. The molecule has 1 fully saturated rings. The molecule has 2 aromatic rings. The lowest BCUT2D eigenvalue weighted by Gasteiger charge is -2.16. The first kappa shape index (κ1) is 13.6. The average molecular weight is 286 g/mol. The van der Waals surface area contributed by atoms with E-state index in [1.807, 2.05) is 0 Å². The third-order valence-electron chi connectivity index (χ3n) is 3.85. The van der Waals surface area contributed by atoms with Crippen molar-refractivity contribution in [2.45, 2.75) is 19.4 Å². The topological polar surface area (TPSA) is 60.1 Å². The first-order valence-electron chi connectivity index (χ1n) is 7.12. The van der Waals surface area contributed by atoms with Crippen LogP contribution in [0.4, 0.5) is 5.69 Å². The molecule has 110 valence electrons. The summed E-state index contributed by atoms with van der Waals surface area (Å²) >= 11 is 0. The number of hydrogen-bond acceptors (Lipinski definition) is 4. The fourth-order valence-corrected chi connectivity index (χ4v) is 2.66. The molecule has 1 aliphatic rings. The van der Waals surface area contributed by atoms with Gasteiger partial charge in [0, 0.05) is 32.4 Å². The van der Waals surface area contributed by atoms with Crippen LogP contribution in [0.15, 0.2) is 35.4 Å². The van der Waals surface area contributed by atoms with E-state index >= 15 is 0 Å². The SMILES string of the molecule is Cn1cccc1C(=O)Cn1ncc(N2CCCC2)cc1=O. The number of carbonyl (C=O) groups excluding carboxylic acids is 1. The summed E-state index contributed by atoms with van der Waals surface area (Å²) in [4.78, 5) is 26.4. The fraction of sp³-hybridized carbons (Fsp3) is 0.400. The third-order valence-corrected chi connectivity index (χ3v) is 3.85. The van der Waals surface area contributed by atoms with Crippen LogP contribution >= 0.6 is 0 Å². The Hall–Kier alpha value is -2.37. The molecule has 1 saturated heterocycles. The van der Waals surface area contributed by atoms with E-state index in [-0.39, 0.29) is 17.9 Å². The Kier molecular flexibility index (Phi) is 3.60. The second kappa shape index (κ2) is 5.55. The highest BCUT2D eigenvalue weighted by Crippen LogP contribution is 2.16. The molecule has 1 aliphatic heterocycles. The largest absolute Gasteiger partial charge is 0.370 e. The average Bonchev–Trinajstić information content (AvgIpc) is 3.12. The van der Waals surface area contributed by atoms with E-state index in [9.17, 15) is 9.59 Å². The van der Waals surface area contributed by atoms with Crippen molar-refractivity contribution in [1.29, 1.82) is 0 Å². The van der Waals surface area contributed by atoms with Gasteiger partial charge in [-0.3, -0.25) is 9.59 Å². The predicted octanol–water partition coefficient (Wildman–Crippen LogP) is 1.06. The van der Waals surface area contributed by atoms with Gasteiger partial charge in [0.2, 0.25) is 5.78 Å². The molecule has 6 nitrogen and oxygen atoms in total. The van der Waals surface area contributed by atoms with Gasteiger partial charge in [-0.15, -0.1) is 0 Å². The van der Waals surface area contributed by atoms with Gasteiger partial charge < -0.3 is 9.47 Å². The van der Waals surface area contributed by atoms with Gasteiger partial charge in [0.15, 0.2) is 0 Å². The Balaban J connectivity index is 1.78. The van der Waals surface area contributed by atoms with Crippen molar-refractivity contribution < 1.29 is 4.79 Å². The van der Waals surface area contributed by atoms with Crippen LogP contribution < -0.4 is 10.5 Å². The minimum atomic E-state index is -0.234. The van der Waals surface area contributed by atoms with Crippen LogP contribution in [0.25, 0.3) is 0 Å². The summed E-state index contributed by atoms with van der Waals surface area (Å²) in [6.07, 6.45) is 5.77. The first-order chi connectivity index (χ1) is 10.1. The summed E-state index contributed by atoms with van der Waals surface area (Å²) in [7, 11) is 1.81. The molecule has 6 heteroatoms. The number of hydrogen-bond donors (Lipinski definition) is 0. The molecule has 3 rings (SSSR count). The molecule has 0 radical (unpaired) electrons. The van der Waals surface area contributed by atoms with Gasteiger partial charge >= 0.3 is 0 Å². The Morgan fingerprint density at radius 1 is 1.33 bits per heavy atom. The maximum atomic E-state index is 12.2. The van der Waals surface area contributed by atoms with Crippen LogP contribution in [0.2, 0.25) is 0 Å². The fourth-order valence-electron chi connectivity index (χ4n) is 2.66. The van der Waals surface area contributed by atoms with E-state index in [2.05, 4.69) is 10.00 Å². The number of anilines is 1. The summed E-state index contributed by atoms with van der Waals surface area (Å²) in [6.45, 7) is 1.90. The zero-order valence-electron chi connectivity index (χ0n) is 12.0. The van der Waals surface area contributed by atoms with Gasteiger partial charge in [-0.05, 0) is 25.0 Å². The lowest BCUT2D eigenvalue weighted by Crippen LogP contribution is -2.29. The molecule has 0 amide bonds. The van der Waals surface area contributed by atoms with Crippen molar-refractivity contribution in [2.75, 3.05) is 18.0 Å². The van der Waals surface area contributed by atoms with Gasteiger partial charge in [0.25, 0.3) is 5.56 Å². The van der Waals surface area contributed by atoms with E-state index < -0.39 is 0 Å². The number of aromatic nitrogens is 3. The van der Waals surface area contributed by atoms with E-state index in [1.54, 1.807) is 42.2 Å². The highest BCUT2D eigenvalue weighted by Gasteiger charge is 2.15. The number of nitrogens with zero attached hydrogens (tertiary/aromatic N) is 4. The second-order valence-electron chi connectivity index (χ2n) is 5.33. The van der Waals surface area contributed by atoms with Crippen LogP contribution in [-0.4, -0.2) is 33.2 Å². The maximum absolute atomic E-state index is 12.2. The molecular weight excluding hydrogens is 268 g/mol. The van der Waals surface area contributed by atoms with Gasteiger partial charge in [-0.2, -0.15) is 5.10 Å². The van der Waals surface area contributed by atoms with Gasteiger partial charge in [-0.1, -0.05) is 0 Å². The molecule has 0 bridgehead atoms. The molecule has 0 aromatic carbocycles. The van der Waals surface area contributed by atoms with E-state index in [1.165, 1.54) is 4.68 Å². The Morgan fingerprint density at radius 3 is 2.71 bits per heavy atom. The highest BCUT2D eigenvalue weighted by atomic mass is 16.1. The van der Waals surface area contributed by atoms with Crippen LogP contribution in [0.1, 0.15) is 23.3 Å². The molecule has 21 heavy (non-hydrogen) atoms. The lowest BCUT2D eigenvalue weighted by molar-refractivity contribution is 0.0957. The molecule has 0 spiro atoms. The molecular formula is C15H18N4O2. The van der Waals surface area contributed by atoms with Crippen LogP contribution in [0.3, 0.4) is 0 Å². The highest BCUT2D eigenvalue weighted by molar-refractivity contribution is 5.94. The van der Waals surface area contributed by atoms with Gasteiger partial charge in [-0.25, -0.2) is 4.68 Å². The quantitative estimate of drug-likeness (QED) is 0.789. The number of Topliss-reactive ketones (excluding diaryl/α,β-unsaturated/α-hetero) is 1. The zero-order chi connectivity index (χ0) is 14.8. The van der Waals surface area contributed by atoms with E-state index in [4.69, 9.17) is 0 Å². The zero-order valence-corrected chi connectivity index (χ0v) is 12.0. The van der Waals surface area contributed by atoms with Crippen molar-refractivity contribution in [1.82, 2.24) is 14.3 Å². The van der Waals surface area contributed by atoms with Crippen LogP contribution in [0, 0.1) is 0 Å². The minimum absolute atomic E-state index is 0.0308. The molecule has 0 aliphatic carbocycles. The summed E-state index contributed by atoms with van der Waals surface area (Å²) in [5.41, 5.74) is 1.19. The summed E-state index contributed by atoms with van der Waals surface area (Å²) in [5.74, 6) is -0.119. The molecule has 3 heterocycles. The van der Waals surface area contributed by atoms with Crippen molar-refractivity contribution >= 4 is 11.5 Å². The van der Waals surface area contributed by atoms with E-state index in [0.29, 0.717) is 5.69 Å². The number of carbonyl (C=O) groups is 1. The first-order valence-corrected chi connectivity index (χ1v) is 7.12. The number of rotatable bonds is 4. The third kappa shape index (κ3) is 2.74. The Bertz CT molecular complexity index is 710. The minimum Gasteiger partial charge on any atom is -0.370 e. The lowest BCUT2D eigenvalue weighted by atomic mass is 10.3. The monoisotopic (exact) mass is 286 g/mol. The molecule has 0 atom stereocenters. The van der Waals surface area contributed by atoms with Crippen LogP contribution in [-0.2, 0) is 13.6 Å². The van der Waals surface area contributed by atoms with Crippen molar-refractivity contribution in [3.8, 4) is 0 Å². The molecule has 0 saturated carbocycles. The van der Waals surface area contributed by atoms with Crippen molar-refractivity contribution in [3.63, 3.8) is 0 Å². The van der Waals surface area contributed by atoms with Crippen LogP contribution in [0.5, 0.6) is 0 Å². The number of aryl methyl sites for hydroxylation is 1. The Morgan fingerprint density at radius 2 is 2.10 bits per heavy atom. The standard InChI is InChI=1S/C15H18N4O2/c1-17-6-4-5-13(17)14(20)11-19-15(21)9-12(10-16-19)18-7-2-3-8-18/h4-6,9-10H,2-3,7-8,11H2,1H3. The van der Waals surface area contributed by atoms with Crippen molar-refractivity contribution in [3.05, 3.63) is 46.6 Å². The summed E-state index contributed by atoms with van der Waals surface area (Å²) in [6, 6.07) is 5.11. The predicted molar refractivity (Wildman–Crippen MR) is 79.7 cm³/mol. The van der Waals surface area contributed by atoms with Gasteiger partial charge in [0.05, 0.1) is 17.6 Å². The molecule has 0 unspecified atom stereocenters. The van der Waals surface area contributed by atoms with Gasteiger partial charge in [0.1, 0.15) is 6.54 Å².